The Morgan fingerprint density at radius 3 is 2.70 bits per heavy atom. The van der Waals surface area contributed by atoms with Crippen LogP contribution in [-0.4, -0.2) is 32.2 Å². The zero-order valence-electron chi connectivity index (χ0n) is 19.6. The van der Waals surface area contributed by atoms with E-state index in [0.29, 0.717) is 31.0 Å². The standard InChI is InChI=1S/C26H32ClN3O3/c1-4-5-6-12-33-23-10-9-21(24(27)13-23)18-30-19(2)29-17-22(30)15-26(3,25(31)32)14-20-8-7-11-28-16-20/h7-11,13,16-17H,4-6,12,14-15,18H2,1-3H3,(H,31,32). The van der Waals surface area contributed by atoms with Gasteiger partial charge in [-0.2, -0.15) is 0 Å². The number of aryl methyl sites for hydroxylation is 1. The zero-order chi connectivity index (χ0) is 23.8. The summed E-state index contributed by atoms with van der Waals surface area (Å²) < 4.78 is 7.84. The Morgan fingerprint density at radius 1 is 1.21 bits per heavy atom. The molecule has 2 aromatic heterocycles. The van der Waals surface area contributed by atoms with Crippen LogP contribution >= 0.6 is 11.6 Å². The molecule has 1 atom stereocenters. The summed E-state index contributed by atoms with van der Waals surface area (Å²) in [5.74, 6) is 0.729. The van der Waals surface area contributed by atoms with Crippen molar-refractivity contribution < 1.29 is 14.6 Å². The Labute approximate surface area is 200 Å². The summed E-state index contributed by atoms with van der Waals surface area (Å²) in [7, 11) is 0. The first kappa shape index (κ1) is 24.8. The number of imidazole rings is 1. The van der Waals surface area contributed by atoms with Crippen molar-refractivity contribution in [1.82, 2.24) is 14.5 Å². The van der Waals surface area contributed by atoms with Crippen LogP contribution < -0.4 is 4.74 Å². The van der Waals surface area contributed by atoms with Crippen LogP contribution in [0.5, 0.6) is 5.75 Å². The van der Waals surface area contributed by atoms with Gasteiger partial charge in [-0.1, -0.05) is 43.5 Å². The minimum Gasteiger partial charge on any atom is -0.494 e. The normalized spacial score (nSPS) is 13.0. The smallest absolute Gasteiger partial charge is 0.310 e. The number of hydrogen-bond acceptors (Lipinski definition) is 4. The number of carbonyl (C=O) groups is 1. The molecule has 3 rings (SSSR count). The maximum atomic E-state index is 12.2. The zero-order valence-corrected chi connectivity index (χ0v) is 20.3. The van der Waals surface area contributed by atoms with Gasteiger partial charge in [0.25, 0.3) is 0 Å². The minimum atomic E-state index is -0.993. The molecule has 0 bridgehead atoms. The Balaban J connectivity index is 1.77. The van der Waals surface area contributed by atoms with Gasteiger partial charge in [0.15, 0.2) is 0 Å². The third-order valence-corrected chi connectivity index (χ3v) is 6.26. The first-order chi connectivity index (χ1) is 15.8. The van der Waals surface area contributed by atoms with Gasteiger partial charge in [-0.05, 0) is 56.0 Å². The molecule has 176 valence electrons. The molecule has 0 radical (unpaired) electrons. The first-order valence-electron chi connectivity index (χ1n) is 11.4. The molecule has 0 aliphatic carbocycles. The van der Waals surface area contributed by atoms with E-state index in [2.05, 4.69) is 16.9 Å². The molecular formula is C26H32ClN3O3. The number of hydrogen-bond donors (Lipinski definition) is 1. The summed E-state index contributed by atoms with van der Waals surface area (Å²) in [5, 5.41) is 10.7. The fraction of sp³-hybridized carbons (Fsp3) is 0.423. The predicted molar refractivity (Wildman–Crippen MR) is 130 cm³/mol. The van der Waals surface area contributed by atoms with Crippen LogP contribution in [0.4, 0.5) is 0 Å². The van der Waals surface area contributed by atoms with E-state index in [9.17, 15) is 9.90 Å². The van der Waals surface area contributed by atoms with Crippen molar-refractivity contribution in [3.8, 4) is 5.75 Å². The van der Waals surface area contributed by atoms with Crippen molar-refractivity contribution in [3.63, 3.8) is 0 Å². The molecule has 3 aromatic rings. The number of carboxylic acid groups (broad SMARTS) is 1. The van der Waals surface area contributed by atoms with Gasteiger partial charge < -0.3 is 14.4 Å². The quantitative estimate of drug-likeness (QED) is 0.342. The fourth-order valence-electron chi connectivity index (χ4n) is 3.90. The van der Waals surface area contributed by atoms with Crippen LogP contribution in [0.2, 0.25) is 5.02 Å². The van der Waals surface area contributed by atoms with Crippen LogP contribution in [0.3, 0.4) is 0 Å². The summed E-state index contributed by atoms with van der Waals surface area (Å²) in [6.45, 7) is 7.04. The summed E-state index contributed by atoms with van der Waals surface area (Å²) >= 11 is 6.57. The van der Waals surface area contributed by atoms with E-state index in [1.165, 1.54) is 0 Å². The third-order valence-electron chi connectivity index (χ3n) is 5.91. The lowest BCUT2D eigenvalue weighted by atomic mass is 9.80. The number of benzene rings is 1. The van der Waals surface area contributed by atoms with Gasteiger partial charge in [0.2, 0.25) is 0 Å². The SMILES string of the molecule is CCCCCOc1ccc(Cn2c(CC(C)(Cc3cccnc3)C(=O)O)cnc2C)c(Cl)c1. The van der Waals surface area contributed by atoms with Gasteiger partial charge in [0.1, 0.15) is 11.6 Å². The second-order valence-corrected chi connectivity index (χ2v) is 9.18. The number of aromatic nitrogens is 3. The molecular weight excluding hydrogens is 438 g/mol. The monoisotopic (exact) mass is 469 g/mol. The number of rotatable bonds is 12. The number of aliphatic carboxylic acids is 1. The fourth-order valence-corrected chi connectivity index (χ4v) is 4.13. The van der Waals surface area contributed by atoms with Crippen LogP contribution in [0, 0.1) is 12.3 Å². The summed E-state index contributed by atoms with van der Waals surface area (Å²) in [4.78, 5) is 20.8. The molecule has 0 saturated carbocycles. The maximum Gasteiger partial charge on any atom is 0.310 e. The molecule has 0 saturated heterocycles. The van der Waals surface area contributed by atoms with Crippen molar-refractivity contribution in [2.75, 3.05) is 6.61 Å². The largest absolute Gasteiger partial charge is 0.494 e. The van der Waals surface area contributed by atoms with Gasteiger partial charge in [0, 0.05) is 35.7 Å². The second kappa shape index (κ2) is 11.3. The van der Waals surface area contributed by atoms with Crippen molar-refractivity contribution >= 4 is 17.6 Å². The van der Waals surface area contributed by atoms with Crippen LogP contribution in [0.1, 0.15) is 55.8 Å². The average molecular weight is 470 g/mol. The number of unbranched alkanes of at least 4 members (excludes halogenated alkanes) is 2. The van der Waals surface area contributed by atoms with Crippen molar-refractivity contribution in [2.24, 2.45) is 5.41 Å². The Hall–Kier alpha value is -2.86. The molecule has 7 heteroatoms. The Morgan fingerprint density at radius 2 is 2.03 bits per heavy atom. The molecule has 0 aliphatic heterocycles. The van der Waals surface area contributed by atoms with E-state index < -0.39 is 11.4 Å². The Kier molecular flexibility index (Phi) is 8.50. The van der Waals surface area contributed by atoms with Crippen LogP contribution in [0.25, 0.3) is 0 Å². The molecule has 0 aliphatic rings. The number of halogens is 1. The Bertz CT molecular complexity index is 1070. The predicted octanol–water partition coefficient (Wildman–Crippen LogP) is 5.73. The highest BCUT2D eigenvalue weighted by atomic mass is 35.5. The van der Waals surface area contributed by atoms with Crippen molar-refractivity contribution in [1.29, 1.82) is 0 Å². The van der Waals surface area contributed by atoms with Crippen LogP contribution in [-0.2, 0) is 24.2 Å². The highest BCUT2D eigenvalue weighted by Gasteiger charge is 2.35. The molecule has 2 heterocycles. The van der Waals surface area contributed by atoms with Gasteiger partial charge in [-0.15, -0.1) is 0 Å². The number of ether oxygens (including phenoxy) is 1. The van der Waals surface area contributed by atoms with Gasteiger partial charge >= 0.3 is 5.97 Å². The molecule has 0 spiro atoms. The molecule has 1 unspecified atom stereocenters. The highest BCUT2D eigenvalue weighted by molar-refractivity contribution is 6.31. The molecule has 1 aromatic carbocycles. The topological polar surface area (TPSA) is 77.2 Å². The summed E-state index contributed by atoms with van der Waals surface area (Å²) in [6, 6.07) is 9.47. The van der Waals surface area contributed by atoms with E-state index >= 15 is 0 Å². The number of pyridine rings is 1. The third kappa shape index (κ3) is 6.57. The number of carboxylic acids is 1. The lowest BCUT2D eigenvalue weighted by Crippen LogP contribution is -2.33. The highest BCUT2D eigenvalue weighted by Crippen LogP contribution is 2.30. The average Bonchev–Trinajstić information content (AvgIpc) is 3.12. The number of nitrogens with zero attached hydrogens (tertiary/aromatic N) is 3. The van der Waals surface area contributed by atoms with E-state index in [1.54, 1.807) is 25.5 Å². The van der Waals surface area contributed by atoms with Gasteiger partial charge in [0.05, 0.1) is 18.6 Å². The van der Waals surface area contributed by atoms with Crippen LogP contribution in [0.15, 0.2) is 48.9 Å². The second-order valence-electron chi connectivity index (χ2n) is 8.77. The molecule has 0 fully saturated rings. The lowest BCUT2D eigenvalue weighted by Gasteiger charge is -2.25. The van der Waals surface area contributed by atoms with E-state index in [0.717, 1.165) is 47.7 Å². The van der Waals surface area contributed by atoms with E-state index in [-0.39, 0.29) is 0 Å². The molecule has 0 amide bonds. The molecule has 1 N–H and O–H groups in total. The van der Waals surface area contributed by atoms with Gasteiger partial charge in [-0.25, -0.2) is 4.98 Å². The molecule has 6 nitrogen and oxygen atoms in total. The van der Waals surface area contributed by atoms with Crippen molar-refractivity contribution in [2.45, 2.75) is 59.4 Å². The summed E-state index contributed by atoms with van der Waals surface area (Å²) in [5.41, 5.74) is 1.69. The van der Waals surface area contributed by atoms with E-state index in [1.807, 2.05) is 41.8 Å². The van der Waals surface area contributed by atoms with E-state index in [4.69, 9.17) is 16.3 Å². The first-order valence-corrected chi connectivity index (χ1v) is 11.7. The molecule has 33 heavy (non-hydrogen) atoms. The maximum absolute atomic E-state index is 12.2. The van der Waals surface area contributed by atoms with Crippen molar-refractivity contribution in [3.05, 3.63) is 76.6 Å². The minimum absolute atomic E-state index is 0.342. The summed E-state index contributed by atoms with van der Waals surface area (Å²) in [6.07, 6.45) is 9.21. The lowest BCUT2D eigenvalue weighted by molar-refractivity contribution is -0.147. The van der Waals surface area contributed by atoms with Gasteiger partial charge in [-0.3, -0.25) is 9.78 Å².